The summed E-state index contributed by atoms with van der Waals surface area (Å²) in [5.41, 5.74) is 1.09. The summed E-state index contributed by atoms with van der Waals surface area (Å²) in [6.45, 7) is 10.6. The van der Waals surface area contributed by atoms with Gasteiger partial charge in [0.15, 0.2) is 5.69 Å². The molecule has 2 N–H and O–H groups in total. The molecular weight excluding hydrogens is 366 g/mol. The maximum atomic E-state index is 13.1. The molecule has 29 heavy (non-hydrogen) atoms. The van der Waals surface area contributed by atoms with Gasteiger partial charge in [-0.05, 0) is 35.1 Å². The zero-order valence-corrected chi connectivity index (χ0v) is 17.5. The summed E-state index contributed by atoms with van der Waals surface area (Å²) >= 11 is 0. The minimum atomic E-state index is -0.472. The molecule has 3 aromatic rings. The van der Waals surface area contributed by atoms with Crippen molar-refractivity contribution in [1.82, 2.24) is 9.78 Å². The molecule has 0 spiro atoms. The number of rotatable bonds is 4. The molecule has 0 radical (unpaired) electrons. The highest BCUT2D eigenvalue weighted by atomic mass is 16.3. The van der Waals surface area contributed by atoms with Crippen LogP contribution >= 0.6 is 0 Å². The van der Waals surface area contributed by atoms with Gasteiger partial charge in [0.05, 0.1) is 11.1 Å². The average molecular weight is 393 g/mol. The minimum absolute atomic E-state index is 0.0221. The molecule has 0 bridgehead atoms. The molecule has 0 saturated carbocycles. The van der Waals surface area contributed by atoms with E-state index < -0.39 is 5.91 Å². The number of anilines is 1. The van der Waals surface area contributed by atoms with Gasteiger partial charge in [0.1, 0.15) is 5.75 Å². The maximum Gasteiger partial charge on any atom is 0.276 e. The molecule has 1 aromatic heterocycles. The van der Waals surface area contributed by atoms with E-state index in [4.69, 9.17) is 0 Å². The van der Waals surface area contributed by atoms with Crippen molar-refractivity contribution in [2.45, 2.75) is 46.6 Å². The van der Waals surface area contributed by atoms with Crippen LogP contribution in [0.1, 0.15) is 50.7 Å². The summed E-state index contributed by atoms with van der Waals surface area (Å²) in [5.74, 6) is -0.295. The molecule has 3 rings (SSSR count). The van der Waals surface area contributed by atoms with Gasteiger partial charge in [0, 0.05) is 11.9 Å². The fourth-order valence-electron chi connectivity index (χ4n) is 3.16. The molecular formula is C23H27N3O3. The van der Waals surface area contributed by atoms with Crippen molar-refractivity contribution in [2.75, 3.05) is 5.32 Å². The number of hydrogen-bond donors (Lipinski definition) is 2. The normalized spacial score (nSPS) is 11.8. The summed E-state index contributed by atoms with van der Waals surface area (Å²) in [6, 6.07) is 12.1. The lowest BCUT2D eigenvalue weighted by Gasteiger charge is -2.20. The summed E-state index contributed by atoms with van der Waals surface area (Å²) in [4.78, 5) is 25.8. The second kappa shape index (κ2) is 7.70. The number of carbonyl (C=O) groups excluding carboxylic acids is 1. The lowest BCUT2D eigenvalue weighted by molar-refractivity contribution is 0.102. The van der Waals surface area contributed by atoms with Gasteiger partial charge in [0.25, 0.3) is 11.5 Å². The highest BCUT2D eigenvalue weighted by Crippen LogP contribution is 2.31. The van der Waals surface area contributed by atoms with E-state index in [1.807, 2.05) is 19.9 Å². The van der Waals surface area contributed by atoms with E-state index >= 15 is 0 Å². The molecule has 1 amide bonds. The Morgan fingerprint density at radius 3 is 2.41 bits per heavy atom. The number of phenols is 1. The largest absolute Gasteiger partial charge is 0.506 e. The van der Waals surface area contributed by atoms with Crippen LogP contribution in [0.25, 0.3) is 10.8 Å². The van der Waals surface area contributed by atoms with E-state index in [9.17, 15) is 14.7 Å². The molecule has 152 valence electrons. The summed E-state index contributed by atoms with van der Waals surface area (Å²) in [6.07, 6.45) is 0. The van der Waals surface area contributed by atoms with Crippen LogP contribution in [0.4, 0.5) is 5.69 Å². The Morgan fingerprint density at radius 1 is 1.14 bits per heavy atom. The number of nitrogens with one attached hydrogen (secondary N) is 1. The Kier molecular flexibility index (Phi) is 5.46. The Balaban J connectivity index is 2.08. The van der Waals surface area contributed by atoms with Crippen LogP contribution < -0.4 is 10.9 Å². The highest BCUT2D eigenvalue weighted by Gasteiger charge is 2.20. The Labute approximate surface area is 170 Å². The quantitative estimate of drug-likeness (QED) is 0.647. The predicted octanol–water partition coefficient (Wildman–Crippen LogP) is 4.31. The van der Waals surface area contributed by atoms with Gasteiger partial charge < -0.3 is 10.4 Å². The highest BCUT2D eigenvalue weighted by molar-refractivity contribution is 6.11. The predicted molar refractivity (Wildman–Crippen MR) is 116 cm³/mol. The first-order chi connectivity index (χ1) is 13.6. The van der Waals surface area contributed by atoms with Gasteiger partial charge >= 0.3 is 0 Å². The standard InChI is InChI=1S/C23H27N3O3/c1-14(2)13-26-22(29)17-9-7-6-8-16(17)20(25-26)21(28)24-18-12-15(23(3,4)5)10-11-19(18)27/h6-12,14,27H,13H2,1-5H3,(H,24,28). The van der Waals surface area contributed by atoms with E-state index in [0.717, 1.165) is 5.56 Å². The molecule has 0 unspecified atom stereocenters. The molecule has 0 fully saturated rings. The van der Waals surface area contributed by atoms with Gasteiger partial charge in [0.2, 0.25) is 0 Å². The van der Waals surface area contributed by atoms with Crippen molar-refractivity contribution < 1.29 is 9.90 Å². The second-order valence-corrected chi connectivity index (χ2v) is 8.71. The van der Waals surface area contributed by atoms with Crippen LogP contribution in [-0.2, 0) is 12.0 Å². The first-order valence-electron chi connectivity index (χ1n) is 9.72. The number of nitrogens with zero attached hydrogens (tertiary/aromatic N) is 2. The average Bonchev–Trinajstić information content (AvgIpc) is 2.64. The first kappa shape index (κ1) is 20.6. The molecule has 6 heteroatoms. The molecule has 0 aliphatic heterocycles. The summed E-state index contributed by atoms with van der Waals surface area (Å²) in [5, 5.41) is 18.3. The molecule has 1 heterocycles. The fraction of sp³-hybridized carbons (Fsp3) is 0.348. The Hall–Kier alpha value is -3.15. The van der Waals surface area contributed by atoms with Gasteiger partial charge in [-0.3, -0.25) is 9.59 Å². The second-order valence-electron chi connectivity index (χ2n) is 8.71. The smallest absolute Gasteiger partial charge is 0.276 e. The molecule has 0 aliphatic rings. The van der Waals surface area contributed by atoms with Crippen molar-refractivity contribution in [3.8, 4) is 5.75 Å². The van der Waals surface area contributed by atoms with Crippen LogP contribution in [0.3, 0.4) is 0 Å². The van der Waals surface area contributed by atoms with Gasteiger partial charge in [-0.1, -0.05) is 58.9 Å². The van der Waals surface area contributed by atoms with Crippen molar-refractivity contribution in [3.63, 3.8) is 0 Å². The zero-order valence-electron chi connectivity index (χ0n) is 17.5. The number of fused-ring (bicyclic) bond motifs is 1. The van der Waals surface area contributed by atoms with Gasteiger partial charge in [-0.2, -0.15) is 5.10 Å². The number of aromatic hydroxyl groups is 1. The molecule has 6 nitrogen and oxygen atoms in total. The lowest BCUT2D eigenvalue weighted by atomic mass is 9.87. The Bertz CT molecular complexity index is 1120. The third kappa shape index (κ3) is 4.31. The molecule has 0 atom stereocenters. The SMILES string of the molecule is CC(C)Cn1nc(C(=O)Nc2cc(C(C)(C)C)ccc2O)c2ccccc2c1=O. The molecule has 0 aliphatic carbocycles. The topological polar surface area (TPSA) is 84.2 Å². The lowest BCUT2D eigenvalue weighted by Crippen LogP contribution is -2.29. The number of amides is 1. The minimum Gasteiger partial charge on any atom is -0.506 e. The van der Waals surface area contributed by atoms with Crippen molar-refractivity contribution in [2.24, 2.45) is 5.92 Å². The maximum absolute atomic E-state index is 13.1. The van der Waals surface area contributed by atoms with Crippen LogP contribution in [0, 0.1) is 5.92 Å². The third-order valence-electron chi connectivity index (χ3n) is 4.73. The van der Waals surface area contributed by atoms with Crippen molar-refractivity contribution in [3.05, 3.63) is 64.1 Å². The van der Waals surface area contributed by atoms with Crippen LogP contribution in [0.5, 0.6) is 5.75 Å². The van der Waals surface area contributed by atoms with E-state index in [1.54, 1.807) is 36.4 Å². The number of benzene rings is 2. The summed E-state index contributed by atoms with van der Waals surface area (Å²) in [7, 11) is 0. The monoisotopic (exact) mass is 393 g/mol. The number of hydrogen-bond acceptors (Lipinski definition) is 4. The van der Waals surface area contributed by atoms with Crippen molar-refractivity contribution >= 4 is 22.4 Å². The van der Waals surface area contributed by atoms with Crippen molar-refractivity contribution in [1.29, 1.82) is 0 Å². The van der Waals surface area contributed by atoms with Gasteiger partial charge in [-0.15, -0.1) is 0 Å². The Morgan fingerprint density at radius 2 is 1.79 bits per heavy atom. The number of aromatic nitrogens is 2. The van der Waals surface area contributed by atoms with E-state index in [-0.39, 0.29) is 28.3 Å². The number of phenolic OH excluding ortho intramolecular Hbond substituents is 1. The van der Waals surface area contributed by atoms with Gasteiger partial charge in [-0.25, -0.2) is 4.68 Å². The van der Waals surface area contributed by atoms with Crippen LogP contribution in [-0.4, -0.2) is 20.8 Å². The van der Waals surface area contributed by atoms with E-state index in [1.165, 1.54) is 4.68 Å². The van der Waals surface area contributed by atoms with E-state index in [2.05, 4.69) is 31.2 Å². The first-order valence-corrected chi connectivity index (χ1v) is 9.72. The zero-order chi connectivity index (χ0) is 21.3. The van der Waals surface area contributed by atoms with Crippen LogP contribution in [0.15, 0.2) is 47.3 Å². The number of carbonyl (C=O) groups is 1. The fourth-order valence-corrected chi connectivity index (χ4v) is 3.16. The third-order valence-corrected chi connectivity index (χ3v) is 4.73. The summed E-state index contributed by atoms with van der Waals surface area (Å²) < 4.78 is 1.34. The molecule has 2 aromatic carbocycles. The van der Waals surface area contributed by atoms with Crippen LogP contribution in [0.2, 0.25) is 0 Å². The molecule has 0 saturated heterocycles. The van der Waals surface area contributed by atoms with E-state index in [0.29, 0.717) is 23.0 Å².